The Morgan fingerprint density at radius 1 is 1.06 bits per heavy atom. The SMILES string of the molecule is O=C(C(F)[N+]12CCN(CC1)CC2)N1CCOCC1. The summed E-state index contributed by atoms with van der Waals surface area (Å²) in [6.07, 6.45) is -1.37. The number of amides is 1. The van der Waals surface area contributed by atoms with Crippen LogP contribution in [0.15, 0.2) is 0 Å². The first-order valence-corrected chi connectivity index (χ1v) is 6.80. The molecule has 4 heterocycles. The van der Waals surface area contributed by atoms with Gasteiger partial charge in [0.1, 0.15) is 0 Å². The van der Waals surface area contributed by atoms with Crippen LogP contribution >= 0.6 is 0 Å². The summed E-state index contributed by atoms with van der Waals surface area (Å²) < 4.78 is 20.2. The molecule has 2 bridgehead atoms. The van der Waals surface area contributed by atoms with Crippen molar-refractivity contribution in [1.29, 1.82) is 0 Å². The van der Waals surface area contributed by atoms with Gasteiger partial charge in [0.2, 0.25) is 0 Å². The highest BCUT2D eigenvalue weighted by Crippen LogP contribution is 2.25. The lowest BCUT2D eigenvalue weighted by molar-refractivity contribution is -0.967. The lowest BCUT2D eigenvalue weighted by Gasteiger charge is -2.51. The molecule has 0 radical (unpaired) electrons. The number of hydrogen-bond acceptors (Lipinski definition) is 3. The van der Waals surface area contributed by atoms with Crippen molar-refractivity contribution in [3.05, 3.63) is 0 Å². The Labute approximate surface area is 107 Å². The Bertz CT molecular complexity index is 312. The summed E-state index contributed by atoms with van der Waals surface area (Å²) in [5.74, 6) is -0.325. The van der Waals surface area contributed by atoms with Crippen molar-refractivity contribution in [2.45, 2.75) is 6.30 Å². The van der Waals surface area contributed by atoms with E-state index in [1.54, 1.807) is 4.90 Å². The lowest BCUT2D eigenvalue weighted by Crippen LogP contribution is -2.72. The molecule has 0 saturated carbocycles. The second-order valence-electron chi connectivity index (χ2n) is 5.50. The van der Waals surface area contributed by atoms with Gasteiger partial charge in [0.15, 0.2) is 0 Å². The van der Waals surface area contributed by atoms with Crippen LogP contribution in [0.2, 0.25) is 0 Å². The van der Waals surface area contributed by atoms with E-state index in [0.717, 1.165) is 39.3 Å². The number of quaternary nitrogens is 1. The predicted molar refractivity (Wildman–Crippen MR) is 63.6 cm³/mol. The fourth-order valence-corrected chi connectivity index (χ4v) is 3.20. The standard InChI is InChI=1S/C12H21FN3O2/c13-11(12(17)15-4-9-18-10-5-15)16-6-1-14(2-7-16)3-8-16/h11H,1-10H2/q+1. The van der Waals surface area contributed by atoms with E-state index in [9.17, 15) is 9.18 Å². The molecule has 0 aromatic rings. The van der Waals surface area contributed by atoms with Crippen molar-refractivity contribution < 1.29 is 18.4 Å². The zero-order chi connectivity index (χ0) is 12.6. The molecule has 4 saturated heterocycles. The number of nitrogens with zero attached hydrogens (tertiary/aromatic N) is 3. The number of alkyl halides is 1. The van der Waals surface area contributed by atoms with E-state index in [4.69, 9.17) is 4.74 Å². The first-order chi connectivity index (χ1) is 8.71. The molecule has 1 amide bonds. The quantitative estimate of drug-likeness (QED) is 0.484. The van der Waals surface area contributed by atoms with Crippen LogP contribution in [-0.4, -0.2) is 92.1 Å². The average molecular weight is 258 g/mol. The number of rotatable bonds is 2. The smallest absolute Gasteiger partial charge is 0.315 e. The minimum absolute atomic E-state index is 0.325. The Hall–Kier alpha value is -0.720. The second-order valence-corrected chi connectivity index (χ2v) is 5.50. The van der Waals surface area contributed by atoms with Gasteiger partial charge < -0.3 is 9.64 Å². The van der Waals surface area contributed by atoms with Crippen molar-refractivity contribution in [3.8, 4) is 0 Å². The monoisotopic (exact) mass is 258 g/mol. The molecule has 0 aromatic heterocycles. The number of carbonyl (C=O) groups excluding carboxylic acids is 1. The number of fused-ring (bicyclic) bond motifs is 3. The van der Waals surface area contributed by atoms with Crippen molar-refractivity contribution in [3.63, 3.8) is 0 Å². The zero-order valence-electron chi connectivity index (χ0n) is 10.7. The summed E-state index contributed by atoms with van der Waals surface area (Å²) in [6.45, 7) is 7.24. The van der Waals surface area contributed by atoms with E-state index in [-0.39, 0.29) is 5.91 Å². The third-order valence-electron chi connectivity index (χ3n) is 4.59. The fraction of sp³-hybridized carbons (Fsp3) is 0.917. The summed E-state index contributed by atoms with van der Waals surface area (Å²) in [6, 6.07) is 0. The summed E-state index contributed by atoms with van der Waals surface area (Å²) in [7, 11) is 0. The van der Waals surface area contributed by atoms with Crippen LogP contribution in [0.3, 0.4) is 0 Å². The Balaban J connectivity index is 1.68. The van der Waals surface area contributed by atoms with Crippen LogP contribution in [0.1, 0.15) is 0 Å². The maximum Gasteiger partial charge on any atom is 0.315 e. The fourth-order valence-electron chi connectivity index (χ4n) is 3.20. The molecule has 4 aliphatic heterocycles. The minimum atomic E-state index is -1.37. The molecule has 4 aliphatic rings. The third-order valence-corrected chi connectivity index (χ3v) is 4.59. The van der Waals surface area contributed by atoms with Gasteiger partial charge in [0.25, 0.3) is 0 Å². The van der Waals surface area contributed by atoms with E-state index in [1.165, 1.54) is 0 Å². The number of halogens is 1. The van der Waals surface area contributed by atoms with Crippen LogP contribution in [0.25, 0.3) is 0 Å². The van der Waals surface area contributed by atoms with Crippen LogP contribution in [0.5, 0.6) is 0 Å². The summed E-state index contributed by atoms with van der Waals surface area (Å²) in [5, 5.41) is 0. The lowest BCUT2D eigenvalue weighted by atomic mass is 10.1. The summed E-state index contributed by atoms with van der Waals surface area (Å²) in [4.78, 5) is 16.2. The van der Waals surface area contributed by atoms with Gasteiger partial charge in [0, 0.05) is 32.7 Å². The van der Waals surface area contributed by atoms with Crippen LogP contribution in [0.4, 0.5) is 4.39 Å². The molecule has 4 rings (SSSR count). The molecular weight excluding hydrogens is 237 g/mol. The molecule has 0 aliphatic carbocycles. The topological polar surface area (TPSA) is 32.8 Å². The largest absolute Gasteiger partial charge is 0.378 e. The average Bonchev–Trinajstić information content (AvgIpc) is 2.48. The summed E-state index contributed by atoms with van der Waals surface area (Å²) >= 11 is 0. The Kier molecular flexibility index (Phi) is 3.25. The molecule has 4 fully saturated rings. The highest BCUT2D eigenvalue weighted by molar-refractivity contribution is 5.79. The molecule has 0 aromatic carbocycles. The van der Waals surface area contributed by atoms with Gasteiger partial charge in [-0.05, 0) is 0 Å². The van der Waals surface area contributed by atoms with Crippen LogP contribution in [0, 0.1) is 0 Å². The van der Waals surface area contributed by atoms with Gasteiger partial charge in [-0.15, -0.1) is 0 Å². The zero-order valence-corrected chi connectivity index (χ0v) is 10.7. The van der Waals surface area contributed by atoms with Gasteiger partial charge in [-0.1, -0.05) is 0 Å². The normalized spacial score (nSPS) is 37.6. The van der Waals surface area contributed by atoms with Crippen molar-refractivity contribution in [1.82, 2.24) is 9.80 Å². The van der Waals surface area contributed by atoms with E-state index >= 15 is 0 Å². The van der Waals surface area contributed by atoms with Crippen LogP contribution in [-0.2, 0) is 9.53 Å². The first-order valence-electron chi connectivity index (χ1n) is 6.80. The second kappa shape index (κ2) is 4.75. The number of hydrogen-bond donors (Lipinski definition) is 0. The maximum absolute atomic E-state index is 14.7. The van der Waals surface area contributed by atoms with Gasteiger partial charge in [-0.2, -0.15) is 4.39 Å². The Morgan fingerprint density at radius 3 is 2.17 bits per heavy atom. The number of morpholine rings is 1. The van der Waals surface area contributed by atoms with Crippen molar-refractivity contribution in [2.24, 2.45) is 0 Å². The molecule has 0 spiro atoms. The van der Waals surface area contributed by atoms with Crippen LogP contribution < -0.4 is 0 Å². The molecule has 6 heteroatoms. The molecule has 0 N–H and O–H groups in total. The van der Waals surface area contributed by atoms with E-state index in [1.807, 2.05) is 0 Å². The van der Waals surface area contributed by atoms with Gasteiger partial charge in [-0.25, -0.2) is 0 Å². The van der Waals surface area contributed by atoms with Crippen molar-refractivity contribution in [2.75, 3.05) is 65.6 Å². The minimum Gasteiger partial charge on any atom is -0.378 e. The van der Waals surface area contributed by atoms with E-state index in [0.29, 0.717) is 30.8 Å². The van der Waals surface area contributed by atoms with Gasteiger partial charge in [-0.3, -0.25) is 14.2 Å². The molecular formula is C12H21FN3O2+. The van der Waals surface area contributed by atoms with E-state index < -0.39 is 6.30 Å². The summed E-state index contributed by atoms with van der Waals surface area (Å²) in [5.41, 5.74) is 0. The molecule has 1 unspecified atom stereocenters. The number of piperazine rings is 3. The highest BCUT2D eigenvalue weighted by Gasteiger charge is 2.49. The molecule has 5 nitrogen and oxygen atoms in total. The van der Waals surface area contributed by atoms with Gasteiger partial charge in [0.05, 0.1) is 32.8 Å². The number of carbonyl (C=O) groups is 1. The Morgan fingerprint density at radius 2 is 1.61 bits per heavy atom. The highest BCUT2D eigenvalue weighted by atomic mass is 19.1. The third kappa shape index (κ3) is 2.02. The molecule has 102 valence electrons. The van der Waals surface area contributed by atoms with Crippen molar-refractivity contribution >= 4 is 5.91 Å². The van der Waals surface area contributed by atoms with E-state index in [2.05, 4.69) is 4.90 Å². The first kappa shape index (κ1) is 12.3. The molecule has 1 atom stereocenters. The maximum atomic E-state index is 14.7. The van der Waals surface area contributed by atoms with Gasteiger partial charge >= 0.3 is 12.2 Å². The predicted octanol–water partition coefficient (Wildman–Crippen LogP) is -0.713. The molecule has 18 heavy (non-hydrogen) atoms. The number of ether oxygens (including phenoxy) is 1.